The van der Waals surface area contributed by atoms with Gasteiger partial charge < -0.3 is 14.7 Å². The first-order valence-corrected chi connectivity index (χ1v) is 33.8. The molecule has 1 aromatic heterocycles. The lowest BCUT2D eigenvalue weighted by Crippen LogP contribution is -2.64. The van der Waals surface area contributed by atoms with E-state index in [4.69, 9.17) is 0 Å². The minimum absolute atomic E-state index is 0.00644. The number of nitrogens with zero attached hydrogens (tertiary/aromatic N) is 3. The van der Waals surface area contributed by atoms with Gasteiger partial charge in [0.15, 0.2) is 0 Å². The maximum Gasteiger partial charge on any atom is 0.252 e. The van der Waals surface area contributed by atoms with Gasteiger partial charge in [-0.25, -0.2) is 0 Å². The highest BCUT2D eigenvalue weighted by Gasteiger charge is 2.62. The van der Waals surface area contributed by atoms with Gasteiger partial charge in [0.1, 0.15) is 0 Å². The third kappa shape index (κ3) is 8.49. The molecule has 1 saturated carbocycles. The van der Waals surface area contributed by atoms with Crippen molar-refractivity contribution >= 4 is 100 Å². The molecule has 0 radical (unpaired) electrons. The van der Waals surface area contributed by atoms with Crippen LogP contribution in [0.4, 0.5) is 45.5 Å². The summed E-state index contributed by atoms with van der Waals surface area (Å²) in [6, 6.07) is 81.1. The van der Waals surface area contributed by atoms with Crippen LogP contribution in [-0.4, -0.2) is 12.3 Å². The van der Waals surface area contributed by atoms with Crippen molar-refractivity contribution in [3.8, 4) is 33.4 Å². The number of benzene rings is 10. The summed E-state index contributed by atoms with van der Waals surface area (Å²) in [6.45, 7) is 29.1. The highest BCUT2D eigenvalue weighted by Crippen LogP contribution is 2.63. The van der Waals surface area contributed by atoms with Crippen LogP contribution in [-0.2, 0) is 27.1 Å². The predicted octanol–water partition coefficient (Wildman–Crippen LogP) is 21.8. The standard InChI is InChI=1S/C84H82BN3S/c1-79(2,3)57-32-36-59(37-33-57)86(60-38-34-58(35-39-60)80(4,5)6)61-40-41-68-71(50-61)87(70-52-66-65(81(7,8)44-45-82(66,9)10)51-64(70)54-26-17-14-18-27-54)72-48-56(62-29-23-31-75-76(62)63-28-19-20-30-74(63)89-75)49-73-77(72)85(68)69-47-55(53-24-15-13-16-25-53)46-67-78(69)88(73)84(12)43-22-21-42-83(67,84)11/h13-20,23-41,46-52H,21-22,42-45H2,1-12H3. The minimum atomic E-state index is -0.187. The van der Waals surface area contributed by atoms with E-state index in [2.05, 4.69) is 304 Å². The van der Waals surface area contributed by atoms with Crippen molar-refractivity contribution in [2.75, 3.05) is 14.7 Å². The second kappa shape index (κ2) is 19.7. The average Bonchev–Trinajstić information content (AvgIpc) is 1.58. The van der Waals surface area contributed by atoms with Crippen LogP contribution >= 0.6 is 11.3 Å². The first-order valence-electron chi connectivity index (χ1n) is 32.9. The maximum absolute atomic E-state index is 2.94. The van der Waals surface area contributed by atoms with E-state index in [1.165, 1.54) is 139 Å². The van der Waals surface area contributed by atoms with Gasteiger partial charge in [-0.2, -0.15) is 0 Å². The topological polar surface area (TPSA) is 9.72 Å². The predicted molar refractivity (Wildman–Crippen MR) is 385 cm³/mol. The fourth-order valence-corrected chi connectivity index (χ4v) is 18.1. The van der Waals surface area contributed by atoms with Crippen LogP contribution < -0.4 is 31.1 Å². The Kier molecular flexibility index (Phi) is 12.4. The van der Waals surface area contributed by atoms with Gasteiger partial charge in [0.05, 0.1) is 11.2 Å². The molecule has 2 aliphatic carbocycles. The first kappa shape index (κ1) is 56.1. The molecule has 2 atom stereocenters. The van der Waals surface area contributed by atoms with Crippen molar-refractivity contribution in [3.63, 3.8) is 0 Å². The Labute approximate surface area is 533 Å². The molecule has 0 amide bonds. The second-order valence-corrected chi connectivity index (χ2v) is 31.8. The normalized spacial score (nSPS) is 19.4. The van der Waals surface area contributed by atoms with E-state index in [-0.39, 0.29) is 39.3 Å². The van der Waals surface area contributed by atoms with Crippen LogP contribution in [0.1, 0.15) is 149 Å². The molecule has 3 nitrogen and oxygen atoms in total. The van der Waals surface area contributed by atoms with Gasteiger partial charge in [0, 0.05) is 71.0 Å². The number of hydrogen-bond donors (Lipinski definition) is 0. The molecule has 0 N–H and O–H groups in total. The highest BCUT2D eigenvalue weighted by atomic mass is 32.1. The Bertz CT molecular complexity index is 4620. The zero-order chi connectivity index (χ0) is 61.3. The first-order chi connectivity index (χ1) is 42.6. The van der Waals surface area contributed by atoms with Crippen LogP contribution in [0, 0.1) is 0 Å². The zero-order valence-electron chi connectivity index (χ0n) is 54.2. The minimum Gasteiger partial charge on any atom is -0.335 e. The van der Waals surface area contributed by atoms with E-state index in [0.717, 1.165) is 42.7 Å². The molecule has 0 spiro atoms. The van der Waals surface area contributed by atoms with E-state index in [1.54, 1.807) is 0 Å². The lowest BCUT2D eigenvalue weighted by atomic mass is 9.33. The molecule has 4 heterocycles. The van der Waals surface area contributed by atoms with E-state index in [9.17, 15) is 0 Å². The van der Waals surface area contributed by atoms with E-state index >= 15 is 0 Å². The number of anilines is 8. The number of thiophene rings is 1. The lowest BCUT2D eigenvalue weighted by molar-refractivity contribution is 0.195. The van der Waals surface area contributed by atoms with Crippen LogP contribution in [0.15, 0.2) is 206 Å². The molecule has 2 unspecified atom stereocenters. The van der Waals surface area contributed by atoms with Crippen molar-refractivity contribution in [1.29, 1.82) is 0 Å². The van der Waals surface area contributed by atoms with Crippen molar-refractivity contribution in [2.24, 2.45) is 0 Å². The molecule has 0 saturated heterocycles. The van der Waals surface area contributed by atoms with E-state index in [1.807, 2.05) is 11.3 Å². The summed E-state index contributed by atoms with van der Waals surface area (Å²) in [5, 5.41) is 2.67. The number of hydrogen-bond acceptors (Lipinski definition) is 4. The summed E-state index contributed by atoms with van der Waals surface area (Å²) in [5.41, 5.74) is 28.4. The summed E-state index contributed by atoms with van der Waals surface area (Å²) in [6.07, 6.45) is 6.95. The van der Waals surface area contributed by atoms with Gasteiger partial charge in [-0.05, 0) is 205 Å². The van der Waals surface area contributed by atoms with Crippen LogP contribution in [0.3, 0.4) is 0 Å². The zero-order valence-corrected chi connectivity index (χ0v) is 55.0. The number of fused-ring (bicyclic) bond motifs is 11. The van der Waals surface area contributed by atoms with Crippen molar-refractivity contribution in [2.45, 2.75) is 154 Å². The highest BCUT2D eigenvalue weighted by molar-refractivity contribution is 7.26. The summed E-state index contributed by atoms with van der Waals surface area (Å²) in [7, 11) is 0. The van der Waals surface area contributed by atoms with Crippen molar-refractivity contribution in [3.05, 3.63) is 234 Å². The number of rotatable bonds is 7. The molecule has 442 valence electrons. The molecule has 5 aliphatic rings. The van der Waals surface area contributed by atoms with Crippen molar-refractivity contribution in [1.82, 2.24) is 0 Å². The largest absolute Gasteiger partial charge is 0.335 e. The van der Waals surface area contributed by atoms with Crippen LogP contribution in [0.25, 0.3) is 53.6 Å². The lowest BCUT2D eigenvalue weighted by Gasteiger charge is -2.53. The van der Waals surface area contributed by atoms with E-state index in [0.29, 0.717) is 0 Å². The third-order valence-electron chi connectivity index (χ3n) is 22.4. The Morgan fingerprint density at radius 1 is 0.427 bits per heavy atom. The summed E-state index contributed by atoms with van der Waals surface area (Å²) >= 11 is 1.92. The van der Waals surface area contributed by atoms with Crippen LogP contribution in [0.5, 0.6) is 0 Å². The Morgan fingerprint density at radius 3 is 1.67 bits per heavy atom. The Morgan fingerprint density at radius 2 is 1.01 bits per heavy atom. The van der Waals surface area contributed by atoms with Gasteiger partial charge in [-0.3, -0.25) is 0 Å². The average molecular weight is 1180 g/mol. The molecule has 3 aliphatic heterocycles. The molecule has 10 aromatic carbocycles. The van der Waals surface area contributed by atoms with Crippen LogP contribution in [0.2, 0.25) is 0 Å². The second-order valence-electron chi connectivity index (χ2n) is 30.7. The fraction of sp³-hybridized carbons (Fsp3) is 0.286. The SMILES string of the molecule is CC(C)(C)c1ccc(N(c2ccc(C(C)(C)C)cc2)c2ccc3c(c2)N(c2cc4c(cc2-c2ccccc2)C(C)(C)CCC4(C)C)c2cc(-c4cccc5sc6ccccc6c45)cc4c2B3c2cc(-c3ccccc3)cc3c2N4C2(C)CCCCC32C)cc1. The summed E-state index contributed by atoms with van der Waals surface area (Å²) < 4.78 is 2.65. The molecular weight excluding hydrogens is 1090 g/mol. The van der Waals surface area contributed by atoms with Crippen molar-refractivity contribution < 1.29 is 0 Å². The molecule has 1 fully saturated rings. The third-order valence-corrected chi connectivity index (χ3v) is 23.5. The summed E-state index contributed by atoms with van der Waals surface area (Å²) in [5.74, 6) is 0. The summed E-state index contributed by atoms with van der Waals surface area (Å²) in [4.78, 5) is 8.25. The van der Waals surface area contributed by atoms with Gasteiger partial charge >= 0.3 is 0 Å². The Hall–Kier alpha value is -8.12. The Balaban J connectivity index is 1.07. The monoisotopic (exact) mass is 1180 g/mol. The fourth-order valence-electron chi connectivity index (χ4n) is 17.0. The smallest absolute Gasteiger partial charge is 0.252 e. The molecule has 0 bridgehead atoms. The molecule has 89 heavy (non-hydrogen) atoms. The van der Waals surface area contributed by atoms with Gasteiger partial charge in [0.25, 0.3) is 6.71 Å². The molecule has 16 rings (SSSR count). The molecular formula is C84H82BN3S. The van der Waals surface area contributed by atoms with Gasteiger partial charge in [-0.1, -0.05) is 216 Å². The van der Waals surface area contributed by atoms with Gasteiger partial charge in [0.2, 0.25) is 0 Å². The molecule has 11 aromatic rings. The van der Waals surface area contributed by atoms with Gasteiger partial charge in [-0.15, -0.1) is 11.3 Å². The molecule has 5 heteroatoms. The quantitative estimate of drug-likeness (QED) is 0.147. The van der Waals surface area contributed by atoms with E-state index < -0.39 is 0 Å². The maximum atomic E-state index is 2.94.